The minimum Gasteiger partial charge on any atom is -0.497 e. The average molecular weight is 442 g/mol. The second-order valence-electron chi connectivity index (χ2n) is 5.57. The largest absolute Gasteiger partial charge is 0.497 e. The molecule has 1 heterocycles. The van der Waals surface area contributed by atoms with Crippen molar-refractivity contribution in [1.82, 2.24) is 9.78 Å². The van der Waals surface area contributed by atoms with Crippen LogP contribution in [0.15, 0.2) is 48.7 Å². The minimum absolute atomic E-state index is 0.372. The first-order chi connectivity index (χ1) is 12.9. The zero-order chi connectivity index (χ0) is 19.4. The molecular formula is C18H15Cl3N4OS. The molecule has 5 nitrogen and oxygen atoms in total. The van der Waals surface area contributed by atoms with Crippen LogP contribution < -0.4 is 15.4 Å². The van der Waals surface area contributed by atoms with Crippen LogP contribution in [0, 0.1) is 0 Å². The molecular weight excluding hydrogens is 427 g/mol. The number of benzene rings is 2. The van der Waals surface area contributed by atoms with Gasteiger partial charge < -0.3 is 15.4 Å². The molecule has 27 heavy (non-hydrogen) atoms. The lowest BCUT2D eigenvalue weighted by Gasteiger charge is -2.09. The zero-order valence-corrected chi connectivity index (χ0v) is 17.3. The summed E-state index contributed by atoms with van der Waals surface area (Å²) >= 11 is 23.7. The molecule has 1 aromatic heterocycles. The predicted octanol–water partition coefficient (Wildman–Crippen LogP) is 5.71. The second kappa shape index (κ2) is 8.80. The number of nitrogens with zero attached hydrogens (tertiary/aromatic N) is 2. The highest BCUT2D eigenvalue weighted by molar-refractivity contribution is 7.80. The lowest BCUT2D eigenvalue weighted by Crippen LogP contribution is -2.19. The number of thiocarbonyl (C=S) groups is 1. The van der Waals surface area contributed by atoms with Crippen molar-refractivity contribution in [3.8, 4) is 5.75 Å². The number of anilines is 2. The summed E-state index contributed by atoms with van der Waals surface area (Å²) in [5.74, 6) is 1.22. The van der Waals surface area contributed by atoms with Gasteiger partial charge in [0.1, 0.15) is 10.8 Å². The fraction of sp³-hybridized carbons (Fsp3) is 0.111. The first-order valence-electron chi connectivity index (χ1n) is 7.83. The molecule has 2 aromatic carbocycles. The molecule has 140 valence electrons. The number of rotatable bonds is 5. The highest BCUT2D eigenvalue weighted by Crippen LogP contribution is 2.24. The molecule has 0 aliphatic heterocycles. The third kappa shape index (κ3) is 5.26. The molecule has 3 aromatic rings. The maximum Gasteiger partial charge on any atom is 0.176 e. The standard InChI is InChI=1S/C18H15Cl3N4OS/c1-26-14-6-4-13(5-7-14)22-18(27)23-17-16(21)10-25(24-17)9-11-2-3-12(19)8-15(11)20/h2-8,10H,9H2,1H3,(H2,22,23,24,27). The lowest BCUT2D eigenvalue weighted by atomic mass is 10.2. The number of aromatic nitrogens is 2. The molecule has 3 rings (SSSR count). The highest BCUT2D eigenvalue weighted by Gasteiger charge is 2.11. The van der Waals surface area contributed by atoms with E-state index >= 15 is 0 Å². The topological polar surface area (TPSA) is 51.1 Å². The molecule has 0 saturated heterocycles. The van der Waals surface area contributed by atoms with Gasteiger partial charge in [-0.2, -0.15) is 5.10 Å². The summed E-state index contributed by atoms with van der Waals surface area (Å²) < 4.78 is 6.81. The van der Waals surface area contributed by atoms with E-state index in [1.807, 2.05) is 30.3 Å². The molecule has 9 heteroatoms. The fourth-order valence-electron chi connectivity index (χ4n) is 2.33. The van der Waals surface area contributed by atoms with Crippen LogP contribution in [-0.2, 0) is 6.54 Å². The third-order valence-electron chi connectivity index (χ3n) is 3.64. The van der Waals surface area contributed by atoms with Gasteiger partial charge in [-0.15, -0.1) is 0 Å². The monoisotopic (exact) mass is 440 g/mol. The van der Waals surface area contributed by atoms with Crippen LogP contribution in [0.5, 0.6) is 5.75 Å². The molecule has 0 atom stereocenters. The van der Waals surface area contributed by atoms with Crippen LogP contribution in [0.4, 0.5) is 11.5 Å². The van der Waals surface area contributed by atoms with Crippen LogP contribution in [0.3, 0.4) is 0 Å². The van der Waals surface area contributed by atoms with Crippen molar-refractivity contribution < 1.29 is 4.74 Å². The molecule has 0 fully saturated rings. The normalized spacial score (nSPS) is 10.5. The summed E-state index contributed by atoms with van der Waals surface area (Å²) in [7, 11) is 1.62. The van der Waals surface area contributed by atoms with Crippen molar-refractivity contribution in [2.45, 2.75) is 6.54 Å². The van der Waals surface area contributed by atoms with E-state index in [0.29, 0.717) is 32.5 Å². The number of ether oxygens (including phenoxy) is 1. The van der Waals surface area contributed by atoms with Gasteiger partial charge in [0.05, 0.1) is 13.7 Å². The SMILES string of the molecule is COc1ccc(NC(=S)Nc2nn(Cc3ccc(Cl)cc3Cl)cc2Cl)cc1. The smallest absolute Gasteiger partial charge is 0.176 e. The minimum atomic E-state index is 0.372. The third-order valence-corrected chi connectivity index (χ3v) is 4.71. The average Bonchev–Trinajstić information content (AvgIpc) is 2.97. The maximum atomic E-state index is 6.26. The van der Waals surface area contributed by atoms with Crippen LogP contribution >= 0.6 is 47.0 Å². The summed E-state index contributed by atoms with van der Waals surface area (Å²) in [5.41, 5.74) is 1.70. The van der Waals surface area contributed by atoms with Gasteiger partial charge >= 0.3 is 0 Å². The van der Waals surface area contributed by atoms with E-state index in [-0.39, 0.29) is 0 Å². The molecule has 0 aliphatic carbocycles. The molecule has 0 radical (unpaired) electrons. The number of nitrogens with one attached hydrogen (secondary N) is 2. The van der Waals surface area contributed by atoms with Gasteiger partial charge in [-0.05, 0) is 54.2 Å². The Morgan fingerprint density at radius 1 is 1.07 bits per heavy atom. The Hall–Kier alpha value is -1.99. The van der Waals surface area contributed by atoms with E-state index in [1.165, 1.54) is 0 Å². The summed E-state index contributed by atoms with van der Waals surface area (Å²) in [4.78, 5) is 0. The van der Waals surface area contributed by atoms with Gasteiger partial charge in [0, 0.05) is 21.9 Å². The van der Waals surface area contributed by atoms with E-state index in [1.54, 1.807) is 30.1 Å². The zero-order valence-electron chi connectivity index (χ0n) is 14.2. The van der Waals surface area contributed by atoms with E-state index in [9.17, 15) is 0 Å². The summed E-state index contributed by atoms with van der Waals surface area (Å²) in [6.45, 7) is 0.454. The second-order valence-corrected chi connectivity index (χ2v) is 7.23. The Morgan fingerprint density at radius 3 is 2.48 bits per heavy atom. The summed E-state index contributed by atoms with van der Waals surface area (Å²) in [6, 6.07) is 12.7. The van der Waals surface area contributed by atoms with Crippen molar-refractivity contribution in [1.29, 1.82) is 0 Å². The van der Waals surface area contributed by atoms with Crippen molar-refractivity contribution >= 4 is 63.6 Å². The van der Waals surface area contributed by atoms with Crippen LogP contribution in [0.2, 0.25) is 15.1 Å². The molecule has 0 aliphatic rings. The van der Waals surface area contributed by atoms with E-state index in [2.05, 4.69) is 15.7 Å². The Labute approximate surface area is 177 Å². The van der Waals surface area contributed by atoms with E-state index in [0.717, 1.165) is 17.0 Å². The number of methoxy groups -OCH3 is 1. The van der Waals surface area contributed by atoms with Gasteiger partial charge in [-0.1, -0.05) is 40.9 Å². The predicted molar refractivity (Wildman–Crippen MR) is 116 cm³/mol. The first kappa shape index (κ1) is 19.8. The van der Waals surface area contributed by atoms with Crippen molar-refractivity contribution in [3.63, 3.8) is 0 Å². The van der Waals surface area contributed by atoms with Gasteiger partial charge in [-0.3, -0.25) is 4.68 Å². The van der Waals surface area contributed by atoms with Crippen LogP contribution in [0.25, 0.3) is 0 Å². The van der Waals surface area contributed by atoms with E-state index in [4.69, 9.17) is 51.8 Å². The van der Waals surface area contributed by atoms with Crippen molar-refractivity contribution in [2.24, 2.45) is 0 Å². The lowest BCUT2D eigenvalue weighted by molar-refractivity contribution is 0.415. The van der Waals surface area contributed by atoms with Gasteiger partial charge in [0.15, 0.2) is 10.9 Å². The molecule has 0 bridgehead atoms. The fourth-order valence-corrected chi connectivity index (χ4v) is 3.21. The Kier molecular flexibility index (Phi) is 6.44. The highest BCUT2D eigenvalue weighted by atomic mass is 35.5. The first-order valence-corrected chi connectivity index (χ1v) is 9.38. The number of hydrogen-bond donors (Lipinski definition) is 2. The molecule has 0 unspecified atom stereocenters. The van der Waals surface area contributed by atoms with Crippen LogP contribution in [-0.4, -0.2) is 22.0 Å². The van der Waals surface area contributed by atoms with Gasteiger partial charge in [0.2, 0.25) is 0 Å². The van der Waals surface area contributed by atoms with E-state index < -0.39 is 0 Å². The molecule has 0 amide bonds. The van der Waals surface area contributed by atoms with Crippen LogP contribution in [0.1, 0.15) is 5.56 Å². The van der Waals surface area contributed by atoms with Crippen molar-refractivity contribution in [3.05, 3.63) is 69.3 Å². The van der Waals surface area contributed by atoms with Crippen molar-refractivity contribution in [2.75, 3.05) is 17.7 Å². The number of hydrogen-bond acceptors (Lipinski definition) is 3. The Balaban J connectivity index is 1.65. The quantitative estimate of drug-likeness (QED) is 0.497. The molecule has 2 N–H and O–H groups in total. The molecule has 0 spiro atoms. The van der Waals surface area contributed by atoms with Gasteiger partial charge in [-0.25, -0.2) is 0 Å². The Bertz CT molecular complexity index is 960. The Morgan fingerprint density at radius 2 is 1.81 bits per heavy atom. The maximum absolute atomic E-state index is 6.26. The summed E-state index contributed by atoms with van der Waals surface area (Å²) in [5, 5.41) is 12.4. The summed E-state index contributed by atoms with van der Waals surface area (Å²) in [6.07, 6.45) is 1.70. The number of halogens is 3. The van der Waals surface area contributed by atoms with Gasteiger partial charge in [0.25, 0.3) is 0 Å². The molecule has 0 saturated carbocycles.